The number of anilines is 2. The van der Waals surface area contributed by atoms with Gasteiger partial charge in [-0.3, -0.25) is 0 Å². The molecule has 0 bridgehead atoms. The average Bonchev–Trinajstić information content (AvgIpc) is 4.04. The average molecular weight is 1080 g/mol. The molecule has 3 aromatic heterocycles. The summed E-state index contributed by atoms with van der Waals surface area (Å²) in [6.45, 7) is 11.8. The number of rotatable bonds is 8. The van der Waals surface area contributed by atoms with Crippen molar-refractivity contribution in [2.75, 3.05) is 4.90 Å². The minimum atomic E-state index is -1.46. The van der Waals surface area contributed by atoms with E-state index in [4.69, 9.17) is 14.7 Å². The number of aromatic nitrogens is 2. The Morgan fingerprint density at radius 2 is 1.32 bits per heavy atom. The van der Waals surface area contributed by atoms with Gasteiger partial charge in [0.2, 0.25) is 0 Å². The van der Waals surface area contributed by atoms with Crippen LogP contribution in [0.2, 0.25) is 19.6 Å². The first-order valence-corrected chi connectivity index (χ1v) is 26.8. The number of furan rings is 1. The first kappa shape index (κ1) is 44.8. The van der Waals surface area contributed by atoms with Crippen molar-refractivity contribution in [2.45, 2.75) is 46.1 Å². The van der Waals surface area contributed by atoms with E-state index >= 15 is 0 Å². The van der Waals surface area contributed by atoms with Crippen LogP contribution < -0.4 is 10.1 Å². The third-order valence-corrected chi connectivity index (χ3v) is 14.9. The van der Waals surface area contributed by atoms with Crippen LogP contribution in [0.4, 0.5) is 17.1 Å². The van der Waals surface area contributed by atoms with Crippen LogP contribution in [-0.2, 0) is 26.5 Å². The van der Waals surface area contributed by atoms with E-state index in [9.17, 15) is 0 Å². The third kappa shape index (κ3) is 8.36. The minimum absolute atomic E-state index is 0. The van der Waals surface area contributed by atoms with Crippen molar-refractivity contribution in [3.63, 3.8) is 0 Å². The Kier molecular flexibility index (Phi) is 12.2. The molecular formula is C61H51IrN4OSi. The second-order valence-electron chi connectivity index (χ2n) is 18.9. The Morgan fingerprint density at radius 3 is 2.09 bits per heavy atom. The molecule has 0 aliphatic carbocycles. The fourth-order valence-electron chi connectivity index (χ4n) is 9.76. The van der Waals surface area contributed by atoms with Crippen LogP contribution in [0.1, 0.15) is 31.1 Å². The van der Waals surface area contributed by atoms with Gasteiger partial charge >= 0.3 is 20.1 Å². The van der Waals surface area contributed by atoms with E-state index in [0.29, 0.717) is 5.92 Å². The van der Waals surface area contributed by atoms with E-state index in [2.05, 4.69) is 213 Å². The molecule has 1 unspecified atom stereocenters. The molecule has 1 atom stereocenters. The van der Waals surface area contributed by atoms with Crippen LogP contribution in [0.3, 0.4) is 0 Å². The normalized spacial score (nSPS) is 13.4. The molecule has 0 spiro atoms. The van der Waals surface area contributed by atoms with Gasteiger partial charge in [-0.15, -0.1) is 35.0 Å². The molecule has 1 aliphatic rings. The Labute approximate surface area is 413 Å². The molecule has 5 nitrogen and oxygen atoms in total. The largest absolute Gasteiger partial charge is 3.00 e. The molecule has 12 rings (SSSR count). The summed E-state index contributed by atoms with van der Waals surface area (Å²) in [5, 5.41) is 11.3. The molecule has 0 saturated heterocycles. The number of hydrogen-bond acceptors (Lipinski definition) is 3. The summed E-state index contributed by atoms with van der Waals surface area (Å²) in [7, 11) is -1.46. The van der Waals surface area contributed by atoms with E-state index in [1.165, 1.54) is 49.4 Å². The number of hydrogen-bond donors (Lipinski definition) is 0. The fraction of sp³-hybridized carbons (Fsp3) is 0.131. The molecular weight excluding hydrogens is 1030 g/mol. The maximum atomic E-state index is 6.34. The quantitative estimate of drug-likeness (QED) is 0.113. The predicted octanol–water partition coefficient (Wildman–Crippen LogP) is 16.3. The van der Waals surface area contributed by atoms with Gasteiger partial charge in [-0.25, -0.2) is 0 Å². The molecule has 334 valence electrons. The Bertz CT molecular complexity index is 3560. The molecule has 8 aromatic carbocycles. The molecule has 4 heterocycles. The molecule has 68 heavy (non-hydrogen) atoms. The Hall–Kier alpha value is -7.02. The van der Waals surface area contributed by atoms with Gasteiger partial charge in [-0.2, -0.15) is 18.2 Å². The zero-order valence-electron chi connectivity index (χ0n) is 38.9. The Balaban J connectivity index is 0.000000156. The van der Waals surface area contributed by atoms with Crippen molar-refractivity contribution in [3.05, 3.63) is 223 Å². The third-order valence-electron chi connectivity index (χ3n) is 12.8. The molecule has 1 aliphatic heterocycles. The number of para-hydroxylation sites is 5. The van der Waals surface area contributed by atoms with Gasteiger partial charge < -0.3 is 24.2 Å². The maximum Gasteiger partial charge on any atom is 3.00 e. The topological polar surface area (TPSA) is 48.3 Å². The van der Waals surface area contributed by atoms with E-state index < -0.39 is 8.07 Å². The van der Waals surface area contributed by atoms with Crippen molar-refractivity contribution in [1.29, 1.82) is 0 Å². The molecule has 0 fully saturated rings. The summed E-state index contributed by atoms with van der Waals surface area (Å²) in [6.07, 6.45) is 2.97. The van der Waals surface area contributed by atoms with Gasteiger partial charge in [-0.1, -0.05) is 171 Å². The van der Waals surface area contributed by atoms with Crippen molar-refractivity contribution in [3.8, 4) is 28.1 Å². The number of benzene rings is 8. The van der Waals surface area contributed by atoms with Crippen molar-refractivity contribution >= 4 is 74.1 Å². The number of fused-ring (bicyclic) bond motifs is 7. The van der Waals surface area contributed by atoms with Crippen molar-refractivity contribution in [2.24, 2.45) is 5.92 Å². The van der Waals surface area contributed by atoms with Gasteiger partial charge in [0.15, 0.2) is 0 Å². The van der Waals surface area contributed by atoms with Crippen LogP contribution in [0.5, 0.6) is 0 Å². The summed E-state index contributed by atoms with van der Waals surface area (Å²) in [6, 6.07) is 72.6. The van der Waals surface area contributed by atoms with E-state index in [-0.39, 0.29) is 26.3 Å². The van der Waals surface area contributed by atoms with Crippen LogP contribution in [0, 0.1) is 18.1 Å². The van der Waals surface area contributed by atoms with E-state index in [0.717, 1.165) is 62.2 Å². The zero-order chi connectivity index (χ0) is 45.6. The van der Waals surface area contributed by atoms with E-state index in [1.807, 2.05) is 36.4 Å². The standard InChI is InChI=1S/C31H20N2O.C30H31N2Si.Ir/c1-2-9-21(10-3-1)22-17-19-23(20-18-22)33-28-15-6-5-14-27(28)32-31(33)26-13-8-12-25-24-11-4-7-16-29(24)34-30(25)26;1-21(2)17-23-19-27(31-20-30(23)33(3,4)5)22-15-16-29-26(18-22)25-13-9-10-14-28(25)32(29)24-11-7-6-8-12-24;/h1-12,14-20,31H;6-14,16,18-21H,17H2,1-5H3;/q-2;-1;+3. The van der Waals surface area contributed by atoms with Gasteiger partial charge in [0.05, 0.1) is 8.07 Å². The summed E-state index contributed by atoms with van der Waals surface area (Å²) >= 11 is 0. The molecule has 0 radical (unpaired) electrons. The molecule has 11 aromatic rings. The smallest absolute Gasteiger partial charge is 0.661 e. The van der Waals surface area contributed by atoms with Crippen LogP contribution >= 0.6 is 0 Å². The van der Waals surface area contributed by atoms with E-state index in [1.54, 1.807) is 0 Å². The second-order valence-corrected chi connectivity index (χ2v) is 24.0. The van der Waals surface area contributed by atoms with Crippen molar-refractivity contribution < 1.29 is 24.5 Å². The SMILES string of the molecule is CC(C)Cc1cc(-c2[c-]cc3c(c2)c2ccccc2n3-c2ccccc2)ncc1[Si](C)(C)C.[Ir+3].[c-]1ccc2c(oc3ccccc32)c1C1[N-]c2ccccc2N1c1ccc(-c2ccccc2)cc1. The summed E-state index contributed by atoms with van der Waals surface area (Å²) < 4.78 is 8.67. The summed E-state index contributed by atoms with van der Waals surface area (Å²) in [5.74, 6) is 0.616. The number of nitrogens with zero attached hydrogens (tertiary/aromatic N) is 4. The van der Waals surface area contributed by atoms with Crippen LogP contribution in [-0.4, -0.2) is 17.6 Å². The van der Waals surface area contributed by atoms with Crippen LogP contribution in [0.15, 0.2) is 199 Å². The van der Waals surface area contributed by atoms with Gasteiger partial charge in [-0.05, 0) is 93.9 Å². The van der Waals surface area contributed by atoms with Gasteiger partial charge in [0, 0.05) is 39.7 Å². The Morgan fingerprint density at radius 1 is 0.647 bits per heavy atom. The predicted molar refractivity (Wildman–Crippen MR) is 283 cm³/mol. The molecule has 0 saturated carbocycles. The fourth-order valence-corrected chi connectivity index (χ4v) is 11.4. The first-order chi connectivity index (χ1) is 32.7. The van der Waals surface area contributed by atoms with Crippen LogP contribution in [0.25, 0.3) is 77.1 Å². The van der Waals surface area contributed by atoms with Gasteiger partial charge in [0.25, 0.3) is 0 Å². The maximum absolute atomic E-state index is 6.34. The monoisotopic (exact) mass is 1080 g/mol. The van der Waals surface area contributed by atoms with Crippen molar-refractivity contribution in [1.82, 2.24) is 9.55 Å². The number of pyridine rings is 1. The molecule has 0 N–H and O–H groups in total. The summed E-state index contributed by atoms with van der Waals surface area (Å²) in [5.41, 5.74) is 15.3. The zero-order valence-corrected chi connectivity index (χ0v) is 42.3. The summed E-state index contributed by atoms with van der Waals surface area (Å²) in [4.78, 5) is 7.21. The second kappa shape index (κ2) is 18.6. The molecule has 0 amide bonds. The minimum Gasteiger partial charge on any atom is -0.661 e. The molecule has 7 heteroatoms. The first-order valence-electron chi connectivity index (χ1n) is 23.3. The van der Waals surface area contributed by atoms with Gasteiger partial charge in [0.1, 0.15) is 5.58 Å².